The maximum Gasteiger partial charge on any atom is 0.251 e. The summed E-state index contributed by atoms with van der Waals surface area (Å²) < 4.78 is 32.6. The summed E-state index contributed by atoms with van der Waals surface area (Å²) in [4.78, 5) is 12.7. The quantitative estimate of drug-likeness (QED) is 0.711. The van der Waals surface area contributed by atoms with Crippen molar-refractivity contribution >= 4 is 27.5 Å². The lowest BCUT2D eigenvalue weighted by Crippen LogP contribution is -2.29. The molecule has 0 saturated carbocycles. The van der Waals surface area contributed by atoms with Crippen LogP contribution in [0, 0.1) is 0 Å². The van der Waals surface area contributed by atoms with Gasteiger partial charge in [0, 0.05) is 18.7 Å². The third-order valence-corrected chi connectivity index (χ3v) is 7.30. The minimum absolute atomic E-state index is 0.0255. The van der Waals surface area contributed by atoms with Crippen LogP contribution >= 0.6 is 11.6 Å². The van der Waals surface area contributed by atoms with Crippen LogP contribution < -0.4 is 10.1 Å². The average molecular weight is 437 g/mol. The van der Waals surface area contributed by atoms with Crippen LogP contribution in [0.4, 0.5) is 0 Å². The molecule has 1 aliphatic heterocycles. The summed E-state index contributed by atoms with van der Waals surface area (Å²) >= 11 is 6.16. The van der Waals surface area contributed by atoms with Gasteiger partial charge in [-0.15, -0.1) is 0 Å². The van der Waals surface area contributed by atoms with Crippen LogP contribution in [0.3, 0.4) is 0 Å². The van der Waals surface area contributed by atoms with Crippen LogP contribution in [0.2, 0.25) is 5.02 Å². The summed E-state index contributed by atoms with van der Waals surface area (Å²) in [7, 11) is -3.71. The second kappa shape index (κ2) is 9.15. The second-order valence-electron chi connectivity index (χ2n) is 6.95. The van der Waals surface area contributed by atoms with E-state index in [4.69, 9.17) is 16.3 Å². The fraction of sp³-hybridized carbons (Fsp3) is 0.381. The van der Waals surface area contributed by atoms with E-state index in [9.17, 15) is 13.2 Å². The van der Waals surface area contributed by atoms with E-state index in [0.29, 0.717) is 19.7 Å². The Morgan fingerprint density at radius 2 is 1.83 bits per heavy atom. The zero-order valence-electron chi connectivity index (χ0n) is 16.5. The maximum atomic E-state index is 12.9. The fourth-order valence-corrected chi connectivity index (χ4v) is 5.31. The molecule has 0 bridgehead atoms. The van der Waals surface area contributed by atoms with Gasteiger partial charge in [-0.1, -0.05) is 23.7 Å². The van der Waals surface area contributed by atoms with Crippen molar-refractivity contribution in [2.24, 2.45) is 0 Å². The molecule has 6 nitrogen and oxygen atoms in total. The number of rotatable bonds is 7. The summed E-state index contributed by atoms with van der Waals surface area (Å²) in [6.07, 6.45) is 1.66. The summed E-state index contributed by atoms with van der Waals surface area (Å²) in [6, 6.07) is 11.6. The lowest BCUT2D eigenvalue weighted by Gasteiger charge is -2.18. The molecule has 0 aliphatic carbocycles. The molecule has 1 unspecified atom stereocenters. The summed E-state index contributed by atoms with van der Waals surface area (Å²) in [5.41, 5.74) is 1.17. The molecule has 1 aliphatic rings. The van der Waals surface area contributed by atoms with Crippen LogP contribution in [0.25, 0.3) is 0 Å². The highest BCUT2D eigenvalue weighted by atomic mass is 35.5. The van der Waals surface area contributed by atoms with Gasteiger partial charge >= 0.3 is 0 Å². The number of nitrogens with one attached hydrogen (secondary N) is 1. The molecule has 0 aromatic heterocycles. The topological polar surface area (TPSA) is 75.7 Å². The van der Waals surface area contributed by atoms with Crippen LogP contribution in [-0.4, -0.2) is 38.3 Å². The Hall–Kier alpha value is -2.09. The molecule has 1 saturated heterocycles. The monoisotopic (exact) mass is 436 g/mol. The van der Waals surface area contributed by atoms with Gasteiger partial charge in [-0.3, -0.25) is 4.79 Å². The molecular formula is C21H25ClN2O4S. The van der Waals surface area contributed by atoms with Gasteiger partial charge in [-0.05, 0) is 62.6 Å². The van der Waals surface area contributed by atoms with Crippen molar-refractivity contribution in [1.82, 2.24) is 9.62 Å². The molecule has 1 amide bonds. The number of benzene rings is 2. The van der Waals surface area contributed by atoms with E-state index in [1.54, 1.807) is 0 Å². The lowest BCUT2D eigenvalue weighted by molar-refractivity contribution is 0.0939. The van der Waals surface area contributed by atoms with Gasteiger partial charge in [0.25, 0.3) is 5.91 Å². The zero-order valence-corrected chi connectivity index (χ0v) is 18.1. The van der Waals surface area contributed by atoms with Crippen molar-refractivity contribution in [1.29, 1.82) is 0 Å². The smallest absolute Gasteiger partial charge is 0.251 e. The van der Waals surface area contributed by atoms with Crippen LogP contribution in [0.5, 0.6) is 5.75 Å². The molecule has 29 heavy (non-hydrogen) atoms. The molecule has 1 atom stereocenters. The highest BCUT2D eigenvalue weighted by molar-refractivity contribution is 7.89. The van der Waals surface area contributed by atoms with Gasteiger partial charge in [-0.2, -0.15) is 4.31 Å². The number of amides is 1. The molecule has 0 spiro atoms. The highest BCUT2D eigenvalue weighted by Gasteiger charge is 2.29. The second-order valence-corrected chi connectivity index (χ2v) is 9.27. The molecule has 0 radical (unpaired) electrons. The Bertz CT molecular complexity index is 971. The van der Waals surface area contributed by atoms with Crippen molar-refractivity contribution in [2.75, 3.05) is 19.7 Å². The van der Waals surface area contributed by atoms with E-state index in [1.165, 1.54) is 22.5 Å². The Balaban J connectivity index is 1.77. The van der Waals surface area contributed by atoms with Crippen molar-refractivity contribution in [3.8, 4) is 5.75 Å². The molecule has 3 rings (SSSR count). The first-order valence-electron chi connectivity index (χ1n) is 9.66. The number of sulfonamides is 1. The number of carbonyl (C=O) groups excluding carboxylic acids is 1. The van der Waals surface area contributed by atoms with Gasteiger partial charge in [-0.25, -0.2) is 8.42 Å². The van der Waals surface area contributed by atoms with E-state index in [2.05, 4.69) is 5.32 Å². The fourth-order valence-electron chi connectivity index (χ4n) is 3.29. The van der Waals surface area contributed by atoms with Crippen LogP contribution in [0.15, 0.2) is 47.4 Å². The Kier molecular flexibility index (Phi) is 6.82. The molecule has 2 aromatic carbocycles. The third-order valence-electron chi connectivity index (χ3n) is 4.91. The Labute approximate surface area is 176 Å². The van der Waals surface area contributed by atoms with Gasteiger partial charge in [0.2, 0.25) is 10.0 Å². The number of halogens is 1. The third kappa shape index (κ3) is 4.91. The van der Waals surface area contributed by atoms with Gasteiger partial charge in [0.15, 0.2) is 0 Å². The molecule has 1 heterocycles. The van der Waals surface area contributed by atoms with Gasteiger partial charge in [0.1, 0.15) is 10.6 Å². The Morgan fingerprint density at radius 3 is 2.45 bits per heavy atom. The molecule has 2 aromatic rings. The number of nitrogens with zero attached hydrogens (tertiary/aromatic N) is 1. The SMILES string of the molecule is CCOc1ccc(C(C)NC(=O)c2ccc(Cl)c(S(=O)(=O)N3CCCC3)c2)cc1. The summed E-state index contributed by atoms with van der Waals surface area (Å²) in [6.45, 7) is 5.32. The first-order chi connectivity index (χ1) is 13.8. The number of hydrogen-bond donors (Lipinski definition) is 1. The standard InChI is InChI=1S/C21H25ClN2O4S/c1-3-28-18-9-6-16(7-10-18)15(2)23-21(25)17-8-11-19(22)20(14-17)29(26,27)24-12-4-5-13-24/h6-11,14-15H,3-5,12-13H2,1-2H3,(H,23,25). The first kappa shape index (κ1) is 21.6. The van der Waals surface area contributed by atoms with Crippen molar-refractivity contribution in [3.63, 3.8) is 0 Å². The van der Waals surface area contributed by atoms with E-state index in [-0.39, 0.29) is 27.4 Å². The highest BCUT2D eigenvalue weighted by Crippen LogP contribution is 2.28. The van der Waals surface area contributed by atoms with E-state index < -0.39 is 10.0 Å². The largest absolute Gasteiger partial charge is 0.494 e. The number of ether oxygens (including phenoxy) is 1. The minimum atomic E-state index is -3.71. The van der Waals surface area contributed by atoms with Crippen LogP contribution in [-0.2, 0) is 10.0 Å². The van der Waals surface area contributed by atoms with Crippen LogP contribution in [0.1, 0.15) is 48.7 Å². The molecular weight excluding hydrogens is 412 g/mol. The number of carbonyl (C=O) groups is 1. The summed E-state index contributed by atoms with van der Waals surface area (Å²) in [5, 5.41) is 3.02. The number of hydrogen-bond acceptors (Lipinski definition) is 4. The maximum absolute atomic E-state index is 12.9. The molecule has 1 N–H and O–H groups in total. The van der Waals surface area contributed by atoms with Gasteiger partial charge < -0.3 is 10.1 Å². The normalized spacial score (nSPS) is 15.8. The predicted octanol–water partition coefficient (Wildman–Crippen LogP) is 4.01. The first-order valence-corrected chi connectivity index (χ1v) is 11.5. The Morgan fingerprint density at radius 1 is 1.17 bits per heavy atom. The molecule has 156 valence electrons. The average Bonchev–Trinajstić information content (AvgIpc) is 3.24. The van der Waals surface area contributed by atoms with Crippen molar-refractivity contribution < 1.29 is 17.9 Å². The van der Waals surface area contributed by atoms with Crippen molar-refractivity contribution in [2.45, 2.75) is 37.6 Å². The summed E-state index contributed by atoms with van der Waals surface area (Å²) in [5.74, 6) is 0.408. The van der Waals surface area contributed by atoms with Crippen molar-refractivity contribution in [3.05, 3.63) is 58.6 Å². The zero-order chi connectivity index (χ0) is 21.0. The predicted molar refractivity (Wildman–Crippen MR) is 113 cm³/mol. The lowest BCUT2D eigenvalue weighted by atomic mass is 10.1. The van der Waals surface area contributed by atoms with Gasteiger partial charge in [0.05, 0.1) is 17.7 Å². The van der Waals surface area contributed by atoms with E-state index >= 15 is 0 Å². The molecule has 8 heteroatoms. The van der Waals surface area contributed by atoms with E-state index in [0.717, 1.165) is 24.2 Å². The van der Waals surface area contributed by atoms with E-state index in [1.807, 2.05) is 38.1 Å². The minimum Gasteiger partial charge on any atom is -0.494 e. The molecule has 1 fully saturated rings.